The fourth-order valence-electron chi connectivity index (χ4n) is 3.89. The fourth-order valence-corrected chi connectivity index (χ4v) is 4.01. The Hall–Kier alpha value is -2.95. The molecule has 0 radical (unpaired) electrons. The molecule has 3 rings (SSSR count). The van der Waals surface area contributed by atoms with Crippen molar-refractivity contribution in [2.45, 2.75) is 63.6 Å². The lowest BCUT2D eigenvalue weighted by atomic mass is 9.96. The number of rotatable bonds is 10. The van der Waals surface area contributed by atoms with Gasteiger partial charge in [0.25, 0.3) is 0 Å². The van der Waals surface area contributed by atoms with Crippen molar-refractivity contribution in [2.75, 3.05) is 0 Å². The summed E-state index contributed by atoms with van der Waals surface area (Å²) in [4.78, 5) is 30.5. The maximum Gasteiger partial charge on any atom is 0.336 e. The summed E-state index contributed by atoms with van der Waals surface area (Å²) in [7, 11) is 0. The molecular formula is C23H29ClN2O8. The molecule has 0 bridgehead atoms. The predicted octanol–water partition coefficient (Wildman–Crippen LogP) is 2.89. The number of nitrogens with one attached hydrogen (secondary N) is 1. The first-order valence-corrected chi connectivity index (χ1v) is 11.2. The lowest BCUT2D eigenvalue weighted by Gasteiger charge is -2.20. The Kier molecular flexibility index (Phi) is 10.0. The van der Waals surface area contributed by atoms with Crippen LogP contribution in [0.4, 0.5) is 0 Å². The van der Waals surface area contributed by atoms with E-state index in [1.54, 1.807) is 0 Å². The van der Waals surface area contributed by atoms with Crippen LogP contribution in [0.1, 0.15) is 49.1 Å². The van der Waals surface area contributed by atoms with Crippen LogP contribution in [0.2, 0.25) is 5.02 Å². The molecule has 0 saturated heterocycles. The summed E-state index contributed by atoms with van der Waals surface area (Å²) in [6, 6.07) is 10.7. The second-order valence-corrected chi connectivity index (χ2v) is 8.86. The molecule has 1 saturated carbocycles. The molecule has 0 amide bonds. The van der Waals surface area contributed by atoms with Crippen LogP contribution >= 0.6 is 11.6 Å². The normalized spacial score (nSPS) is 17.6. The number of halogens is 1. The van der Waals surface area contributed by atoms with Crippen LogP contribution in [0.3, 0.4) is 0 Å². The Labute approximate surface area is 201 Å². The first-order chi connectivity index (χ1) is 16.0. The van der Waals surface area contributed by atoms with Gasteiger partial charge in [-0.25, -0.2) is 4.79 Å². The van der Waals surface area contributed by atoms with Gasteiger partial charge in [0.1, 0.15) is 5.76 Å². The second kappa shape index (κ2) is 12.5. The number of hydrogen-bond donors (Lipinski definition) is 5. The number of benzene rings is 1. The van der Waals surface area contributed by atoms with Gasteiger partial charge >= 0.3 is 17.9 Å². The van der Waals surface area contributed by atoms with E-state index in [1.165, 1.54) is 24.8 Å². The van der Waals surface area contributed by atoms with Gasteiger partial charge in [-0.1, -0.05) is 35.3 Å². The first-order valence-electron chi connectivity index (χ1n) is 10.8. The molecule has 1 aliphatic carbocycles. The van der Waals surface area contributed by atoms with E-state index >= 15 is 0 Å². The number of hydrogen-bond acceptors (Lipinski definition) is 7. The molecule has 1 aromatic carbocycles. The Morgan fingerprint density at radius 3 is 2.24 bits per heavy atom. The third kappa shape index (κ3) is 8.77. The number of carboxylic acids is 3. The zero-order valence-corrected chi connectivity index (χ0v) is 19.5. The molecule has 0 aliphatic heterocycles. The summed E-state index contributed by atoms with van der Waals surface area (Å²) in [5.41, 5.74) is -0.494. The van der Waals surface area contributed by atoms with Gasteiger partial charge in [-0.15, -0.1) is 0 Å². The maximum absolute atomic E-state index is 10.3. The van der Waals surface area contributed by atoms with Crippen molar-refractivity contribution in [1.29, 1.82) is 0 Å². The molecule has 2 aromatic rings. The van der Waals surface area contributed by atoms with Crippen LogP contribution in [0.25, 0.3) is 0 Å². The Morgan fingerprint density at radius 2 is 1.74 bits per heavy atom. The van der Waals surface area contributed by atoms with Crippen LogP contribution < -0.4 is 5.32 Å². The maximum atomic E-state index is 10.3. The molecule has 11 heteroatoms. The van der Waals surface area contributed by atoms with E-state index in [0.717, 1.165) is 29.4 Å². The largest absolute Gasteiger partial charge is 0.481 e. The number of aliphatic hydroxyl groups is 1. The van der Waals surface area contributed by atoms with Gasteiger partial charge in [0.15, 0.2) is 5.60 Å². The van der Waals surface area contributed by atoms with Gasteiger partial charge in [0, 0.05) is 30.1 Å². The molecular weight excluding hydrogens is 468 g/mol. The van der Waals surface area contributed by atoms with Gasteiger partial charge in [-0.2, -0.15) is 0 Å². The lowest BCUT2D eigenvalue weighted by Crippen LogP contribution is -2.42. The number of aryl methyl sites for hydroxylation is 1. The van der Waals surface area contributed by atoms with E-state index in [2.05, 4.69) is 28.7 Å². The minimum absolute atomic E-state index is 0.561. The van der Waals surface area contributed by atoms with Crippen LogP contribution in [-0.2, 0) is 27.3 Å². The Bertz CT molecular complexity index is 960. The van der Waals surface area contributed by atoms with Gasteiger partial charge in [0.05, 0.1) is 18.5 Å². The number of aromatic nitrogens is 1. The number of aliphatic carboxylic acids is 3. The van der Waals surface area contributed by atoms with Crippen molar-refractivity contribution in [3.63, 3.8) is 0 Å². The zero-order chi connectivity index (χ0) is 25.3. The molecule has 1 fully saturated rings. The molecule has 10 nitrogen and oxygen atoms in total. The van der Waals surface area contributed by atoms with E-state index in [0.29, 0.717) is 12.0 Å². The molecule has 186 valence electrons. The Morgan fingerprint density at radius 1 is 1.12 bits per heavy atom. The topological polar surface area (TPSA) is 170 Å². The van der Waals surface area contributed by atoms with E-state index in [-0.39, 0.29) is 0 Å². The zero-order valence-electron chi connectivity index (χ0n) is 18.7. The van der Waals surface area contributed by atoms with Crippen molar-refractivity contribution < 1.29 is 39.3 Å². The summed E-state index contributed by atoms with van der Waals surface area (Å²) in [6.07, 6.45) is 2.49. The third-order valence-corrected chi connectivity index (χ3v) is 5.82. The van der Waals surface area contributed by atoms with E-state index in [1.807, 2.05) is 19.1 Å². The van der Waals surface area contributed by atoms with Crippen molar-refractivity contribution >= 4 is 29.5 Å². The third-order valence-electron chi connectivity index (χ3n) is 5.57. The molecule has 0 spiro atoms. The number of carboxylic acid groups (broad SMARTS) is 3. The minimum Gasteiger partial charge on any atom is -0.481 e. The summed E-state index contributed by atoms with van der Waals surface area (Å²) in [5, 5.41) is 42.3. The minimum atomic E-state index is -2.74. The van der Waals surface area contributed by atoms with Crippen molar-refractivity contribution in [2.24, 2.45) is 5.92 Å². The highest BCUT2D eigenvalue weighted by atomic mass is 35.5. The average Bonchev–Trinajstić information content (AvgIpc) is 3.35. The van der Waals surface area contributed by atoms with Crippen molar-refractivity contribution in [3.05, 3.63) is 52.4 Å². The predicted molar refractivity (Wildman–Crippen MR) is 121 cm³/mol. The number of carbonyl (C=O) groups is 3. The SMILES string of the molecule is Cc1cc(C[C@@H]2CCC[C@H]2NCc2ccc(Cl)cc2)on1.O=C(O)CC(O)(CC(=O)O)C(=O)O. The molecule has 5 N–H and O–H groups in total. The Balaban J connectivity index is 0.000000273. The summed E-state index contributed by atoms with van der Waals surface area (Å²) < 4.78 is 5.36. The molecule has 1 aliphatic rings. The van der Waals surface area contributed by atoms with Gasteiger partial charge in [0.2, 0.25) is 0 Å². The summed E-state index contributed by atoms with van der Waals surface area (Å²) >= 11 is 5.92. The molecule has 34 heavy (non-hydrogen) atoms. The molecule has 0 unspecified atom stereocenters. The van der Waals surface area contributed by atoms with Crippen molar-refractivity contribution in [3.8, 4) is 0 Å². The van der Waals surface area contributed by atoms with Crippen LogP contribution in [0.15, 0.2) is 34.9 Å². The van der Waals surface area contributed by atoms with Gasteiger partial charge in [-0.05, 0) is 43.4 Å². The van der Waals surface area contributed by atoms with E-state index in [4.69, 9.17) is 36.6 Å². The summed E-state index contributed by atoms with van der Waals surface area (Å²) in [5.74, 6) is -3.36. The highest BCUT2D eigenvalue weighted by Gasteiger charge is 2.40. The van der Waals surface area contributed by atoms with Crippen LogP contribution in [-0.4, -0.2) is 55.1 Å². The second-order valence-electron chi connectivity index (χ2n) is 8.42. The molecule has 2 atom stereocenters. The highest BCUT2D eigenvalue weighted by molar-refractivity contribution is 6.30. The van der Waals surface area contributed by atoms with Gasteiger partial charge < -0.3 is 30.3 Å². The first kappa shape index (κ1) is 27.3. The standard InChI is InChI=1S/C17H21ClN2O.C6H8O7/c1-12-9-16(21-20-12)10-14-3-2-4-17(14)19-11-13-5-7-15(18)8-6-13;7-3(8)1-6(13,5(11)12)2-4(9)10/h5-9,14,17,19H,2-4,10-11H2,1H3;13H,1-2H2,(H,7,8)(H,9,10)(H,11,12)/t14-,17+;/m0./s1. The smallest absolute Gasteiger partial charge is 0.336 e. The fraction of sp³-hybridized carbons (Fsp3) is 0.478. The van der Waals surface area contributed by atoms with Crippen molar-refractivity contribution in [1.82, 2.24) is 10.5 Å². The monoisotopic (exact) mass is 496 g/mol. The van der Waals surface area contributed by atoms with Crippen LogP contribution in [0, 0.1) is 12.8 Å². The molecule has 1 heterocycles. The quantitative estimate of drug-likeness (QED) is 0.329. The lowest BCUT2D eigenvalue weighted by molar-refractivity contribution is -0.170. The number of nitrogens with zero attached hydrogens (tertiary/aromatic N) is 1. The van der Waals surface area contributed by atoms with Crippen LogP contribution in [0.5, 0.6) is 0 Å². The van der Waals surface area contributed by atoms with E-state index in [9.17, 15) is 14.4 Å². The summed E-state index contributed by atoms with van der Waals surface area (Å²) in [6.45, 7) is 2.87. The van der Waals surface area contributed by atoms with E-state index < -0.39 is 36.4 Å². The highest BCUT2D eigenvalue weighted by Crippen LogP contribution is 2.29. The average molecular weight is 497 g/mol. The molecule has 1 aromatic heterocycles. The van der Waals surface area contributed by atoms with Gasteiger partial charge in [-0.3, -0.25) is 9.59 Å².